The van der Waals surface area contributed by atoms with Gasteiger partial charge in [-0.15, -0.1) is 0 Å². The van der Waals surface area contributed by atoms with Gasteiger partial charge in [-0.25, -0.2) is 0 Å². The Morgan fingerprint density at radius 1 is 1.64 bits per heavy atom. The number of carbonyl (C=O) groups is 1. The molecule has 4 nitrogen and oxygen atoms in total. The van der Waals surface area contributed by atoms with Gasteiger partial charge in [0.25, 0.3) is 0 Å². The Labute approximate surface area is 69.0 Å². The molecule has 0 saturated carbocycles. The predicted molar refractivity (Wildman–Crippen MR) is 45.6 cm³/mol. The van der Waals surface area contributed by atoms with Crippen LogP contribution in [0.25, 0.3) is 0 Å². The molecule has 0 saturated heterocycles. The summed E-state index contributed by atoms with van der Waals surface area (Å²) in [6.45, 7) is 0.527. The summed E-state index contributed by atoms with van der Waals surface area (Å²) in [5, 5.41) is 2.41. The van der Waals surface area contributed by atoms with Crippen LogP contribution in [0.3, 0.4) is 0 Å². The van der Waals surface area contributed by atoms with E-state index in [-0.39, 0.29) is 11.7 Å². The Kier molecular flexibility index (Phi) is 6.06. The minimum atomic E-state index is -1.04. The van der Waals surface area contributed by atoms with E-state index in [9.17, 15) is 9.00 Å². The van der Waals surface area contributed by atoms with Crippen molar-refractivity contribution < 1.29 is 9.00 Å². The maximum atomic E-state index is 11.0. The van der Waals surface area contributed by atoms with Crippen LogP contribution in [-0.4, -0.2) is 35.2 Å². The van der Waals surface area contributed by atoms with Crippen LogP contribution in [0.2, 0.25) is 0 Å². The van der Waals surface area contributed by atoms with Crippen LogP contribution in [0, 0.1) is 0 Å². The van der Waals surface area contributed by atoms with Crippen molar-refractivity contribution in [2.75, 3.05) is 25.1 Å². The van der Waals surface area contributed by atoms with E-state index in [0.29, 0.717) is 18.7 Å². The molecule has 3 N–H and O–H groups in total. The van der Waals surface area contributed by atoms with Crippen molar-refractivity contribution in [3.63, 3.8) is 0 Å². The smallest absolute Gasteiger partial charge is 0.232 e. The van der Waals surface area contributed by atoms with E-state index in [1.807, 2.05) is 0 Å². The number of amides is 1. The Morgan fingerprint density at radius 2 is 2.27 bits per heavy atom. The van der Waals surface area contributed by atoms with Gasteiger partial charge in [-0.3, -0.25) is 9.00 Å². The van der Waals surface area contributed by atoms with Gasteiger partial charge in [-0.05, 0) is 13.0 Å². The normalized spacial score (nSPS) is 12.5. The summed E-state index contributed by atoms with van der Waals surface area (Å²) in [6.07, 6.45) is 0.712. The third kappa shape index (κ3) is 6.00. The summed E-state index contributed by atoms with van der Waals surface area (Å²) in [5.74, 6) is 0.431. The molecule has 0 aliphatic heterocycles. The van der Waals surface area contributed by atoms with E-state index >= 15 is 0 Å². The van der Waals surface area contributed by atoms with Crippen molar-refractivity contribution in [2.24, 2.45) is 5.73 Å². The zero-order chi connectivity index (χ0) is 8.69. The highest BCUT2D eigenvalue weighted by Gasteiger charge is 2.04. The molecule has 1 atom stereocenters. The lowest BCUT2D eigenvalue weighted by Gasteiger charge is -1.98. The fourth-order valence-corrected chi connectivity index (χ4v) is 1.60. The molecule has 1 unspecified atom stereocenters. The van der Waals surface area contributed by atoms with Crippen molar-refractivity contribution >= 4 is 16.7 Å². The molecule has 0 spiro atoms. The minimum absolute atomic E-state index is 0.0938. The number of carbonyl (C=O) groups excluding carboxylic acids is 1. The first-order valence-corrected chi connectivity index (χ1v) is 4.95. The Balaban J connectivity index is 3.44. The van der Waals surface area contributed by atoms with Crippen LogP contribution in [-0.2, 0) is 15.6 Å². The van der Waals surface area contributed by atoms with E-state index in [0.717, 1.165) is 0 Å². The molecular formula is C6H14N2O2S. The number of hydrogen-bond acceptors (Lipinski definition) is 3. The second-order valence-corrected chi connectivity index (χ2v) is 3.68. The van der Waals surface area contributed by atoms with Gasteiger partial charge in [0.15, 0.2) is 0 Å². The SMILES string of the molecule is CNC(=O)CS(=O)CCCN. The highest BCUT2D eigenvalue weighted by molar-refractivity contribution is 7.85. The largest absolute Gasteiger partial charge is 0.358 e. The van der Waals surface area contributed by atoms with Crippen LogP contribution in [0.15, 0.2) is 0 Å². The Hall–Kier alpha value is -0.420. The monoisotopic (exact) mass is 178 g/mol. The molecule has 0 radical (unpaired) electrons. The van der Waals surface area contributed by atoms with Crippen LogP contribution in [0.4, 0.5) is 0 Å². The zero-order valence-electron chi connectivity index (χ0n) is 6.63. The van der Waals surface area contributed by atoms with Crippen LogP contribution >= 0.6 is 0 Å². The summed E-state index contributed by atoms with van der Waals surface area (Å²) in [6, 6.07) is 0. The van der Waals surface area contributed by atoms with Crippen molar-refractivity contribution in [3.05, 3.63) is 0 Å². The lowest BCUT2D eigenvalue weighted by molar-refractivity contribution is -0.118. The van der Waals surface area contributed by atoms with Gasteiger partial charge in [0, 0.05) is 23.6 Å². The van der Waals surface area contributed by atoms with Crippen molar-refractivity contribution in [1.82, 2.24) is 5.32 Å². The summed E-state index contributed by atoms with van der Waals surface area (Å²) in [5.41, 5.74) is 5.21. The van der Waals surface area contributed by atoms with Gasteiger partial charge < -0.3 is 11.1 Å². The third-order valence-corrected chi connectivity index (χ3v) is 2.48. The van der Waals surface area contributed by atoms with Crippen molar-refractivity contribution in [2.45, 2.75) is 6.42 Å². The van der Waals surface area contributed by atoms with Gasteiger partial charge in [-0.2, -0.15) is 0 Å². The molecule has 66 valence electrons. The molecule has 0 aromatic rings. The molecule has 5 heteroatoms. The van der Waals surface area contributed by atoms with Crippen molar-refractivity contribution in [3.8, 4) is 0 Å². The molecule has 0 fully saturated rings. The average molecular weight is 178 g/mol. The molecule has 0 aliphatic carbocycles. The molecule has 0 heterocycles. The van der Waals surface area contributed by atoms with E-state index in [1.165, 1.54) is 7.05 Å². The third-order valence-electron chi connectivity index (χ3n) is 1.15. The van der Waals surface area contributed by atoms with Gasteiger partial charge in [0.1, 0.15) is 5.75 Å². The quantitative estimate of drug-likeness (QED) is 0.557. The standard InChI is InChI=1S/C6H14N2O2S/c1-8-6(9)5-11(10)4-2-3-7/h2-5,7H2,1H3,(H,8,9). The maximum Gasteiger partial charge on any atom is 0.232 e. The van der Waals surface area contributed by atoms with Gasteiger partial charge in [-0.1, -0.05) is 0 Å². The highest BCUT2D eigenvalue weighted by atomic mass is 32.2. The lowest BCUT2D eigenvalue weighted by Crippen LogP contribution is -2.25. The molecule has 0 aromatic heterocycles. The fourth-order valence-electron chi connectivity index (χ4n) is 0.535. The van der Waals surface area contributed by atoms with Gasteiger partial charge >= 0.3 is 0 Å². The summed E-state index contributed by atoms with van der Waals surface area (Å²) in [4.78, 5) is 10.6. The Bertz CT molecular complexity index is 150. The Morgan fingerprint density at radius 3 is 2.73 bits per heavy atom. The van der Waals surface area contributed by atoms with E-state index < -0.39 is 10.8 Å². The van der Waals surface area contributed by atoms with Crippen molar-refractivity contribution in [1.29, 1.82) is 0 Å². The number of nitrogens with one attached hydrogen (secondary N) is 1. The van der Waals surface area contributed by atoms with Crippen LogP contribution < -0.4 is 11.1 Å². The van der Waals surface area contributed by atoms with Crippen LogP contribution in [0.5, 0.6) is 0 Å². The van der Waals surface area contributed by atoms with Gasteiger partial charge in [0.05, 0.1) is 0 Å². The summed E-state index contributed by atoms with van der Waals surface area (Å²) >= 11 is 0. The molecule has 0 aromatic carbocycles. The summed E-state index contributed by atoms with van der Waals surface area (Å²) < 4.78 is 11.0. The van der Waals surface area contributed by atoms with Gasteiger partial charge in [0.2, 0.25) is 5.91 Å². The molecule has 0 bridgehead atoms. The molecular weight excluding hydrogens is 164 g/mol. The van der Waals surface area contributed by atoms with E-state index in [2.05, 4.69) is 5.32 Å². The zero-order valence-corrected chi connectivity index (χ0v) is 7.45. The average Bonchev–Trinajstić information content (AvgIpc) is 2.00. The molecule has 0 rings (SSSR count). The lowest BCUT2D eigenvalue weighted by atomic mass is 10.5. The predicted octanol–water partition coefficient (Wildman–Crippen LogP) is -1.17. The summed E-state index contributed by atoms with van der Waals surface area (Å²) in [7, 11) is 0.488. The first-order valence-electron chi connectivity index (χ1n) is 3.46. The number of nitrogens with two attached hydrogens (primary N) is 1. The second kappa shape index (κ2) is 6.30. The van der Waals surface area contributed by atoms with E-state index in [4.69, 9.17) is 5.73 Å². The topological polar surface area (TPSA) is 72.2 Å². The maximum absolute atomic E-state index is 11.0. The first-order chi connectivity index (χ1) is 5.20. The first kappa shape index (κ1) is 10.6. The number of hydrogen-bond donors (Lipinski definition) is 2. The minimum Gasteiger partial charge on any atom is -0.358 e. The molecule has 0 aliphatic rings. The molecule has 11 heavy (non-hydrogen) atoms. The fraction of sp³-hybridized carbons (Fsp3) is 0.833. The molecule has 1 amide bonds. The number of rotatable bonds is 5. The van der Waals surface area contributed by atoms with E-state index in [1.54, 1.807) is 0 Å². The second-order valence-electron chi connectivity index (χ2n) is 2.10. The highest BCUT2D eigenvalue weighted by Crippen LogP contribution is 1.85. The van der Waals surface area contributed by atoms with Crippen LogP contribution in [0.1, 0.15) is 6.42 Å².